The number of hydrogen-bond acceptors (Lipinski definition) is 13. The van der Waals surface area contributed by atoms with Crippen LogP contribution in [0.2, 0.25) is 0 Å². The number of nitrogen functional groups attached to an aromatic ring is 1. The van der Waals surface area contributed by atoms with Crippen molar-refractivity contribution in [2.24, 2.45) is 5.16 Å². The van der Waals surface area contributed by atoms with E-state index in [1.165, 1.54) is 35.0 Å². The second-order valence-electron chi connectivity index (χ2n) is 6.27. The van der Waals surface area contributed by atoms with Gasteiger partial charge in [0.15, 0.2) is 10.8 Å². The maximum Gasteiger partial charge on any atom is 0.511 e. The summed E-state index contributed by atoms with van der Waals surface area (Å²) in [6.07, 6.45) is -0.740. The number of carbonyl (C=O) groups excluding carboxylic acids is 4. The molecule has 0 aliphatic carbocycles. The fourth-order valence-corrected chi connectivity index (χ4v) is 4.61. The number of amides is 2. The highest BCUT2D eigenvalue weighted by molar-refractivity contribution is 8.00. The number of ether oxygens (including phenoxy) is 3. The quantitative estimate of drug-likeness (QED) is 0.120. The first-order chi connectivity index (χ1) is 15.3. The minimum absolute atomic E-state index is 0.0353. The molecule has 0 saturated carbocycles. The van der Waals surface area contributed by atoms with Crippen LogP contribution in [-0.4, -0.2) is 74.8 Å². The van der Waals surface area contributed by atoms with Gasteiger partial charge >= 0.3 is 12.1 Å². The Kier molecular flexibility index (Phi) is 7.19. The number of aromatic nitrogens is 1. The van der Waals surface area contributed by atoms with E-state index in [4.69, 9.17) is 15.2 Å². The first-order valence-electron chi connectivity index (χ1n) is 9.20. The molecule has 4 N–H and O–H groups in total. The Bertz CT molecular complexity index is 993. The molecule has 0 bridgehead atoms. The minimum atomic E-state index is -1.24. The predicted octanol–water partition coefficient (Wildman–Crippen LogP) is 0.250. The molecule has 3 atom stereocenters. The van der Waals surface area contributed by atoms with E-state index in [0.29, 0.717) is 5.75 Å². The lowest BCUT2D eigenvalue weighted by atomic mass is 10.0. The largest absolute Gasteiger partial charge is 0.511 e. The van der Waals surface area contributed by atoms with Crippen molar-refractivity contribution >= 4 is 57.9 Å². The number of nitrogens with two attached hydrogens (primary N) is 1. The van der Waals surface area contributed by atoms with Gasteiger partial charge in [-0.15, -0.1) is 23.1 Å². The van der Waals surface area contributed by atoms with E-state index in [2.05, 4.69) is 20.2 Å². The number of fused-ring (bicyclic) bond motifs is 1. The molecule has 1 aromatic heterocycles. The van der Waals surface area contributed by atoms with Gasteiger partial charge in [0.25, 0.3) is 11.8 Å². The van der Waals surface area contributed by atoms with Crippen LogP contribution in [0.25, 0.3) is 0 Å². The molecule has 32 heavy (non-hydrogen) atoms. The molecule has 172 valence electrons. The molecule has 3 rings (SSSR count). The molecule has 2 amide bonds. The summed E-state index contributed by atoms with van der Waals surface area (Å²) in [7, 11) is 0. The number of oxime groups is 1. The number of nitrogens with one attached hydrogen (secondary N) is 1. The number of nitrogens with zero attached hydrogens (tertiary/aromatic N) is 3. The van der Waals surface area contributed by atoms with E-state index in [1.807, 2.05) is 0 Å². The van der Waals surface area contributed by atoms with Crippen molar-refractivity contribution in [1.29, 1.82) is 0 Å². The van der Waals surface area contributed by atoms with Crippen molar-refractivity contribution in [3.63, 3.8) is 0 Å². The predicted molar refractivity (Wildman–Crippen MR) is 112 cm³/mol. The normalized spacial score (nSPS) is 20.9. The molecule has 0 aromatic carbocycles. The maximum absolute atomic E-state index is 12.7. The van der Waals surface area contributed by atoms with Crippen molar-refractivity contribution in [2.75, 3.05) is 18.1 Å². The van der Waals surface area contributed by atoms with Gasteiger partial charge in [-0.1, -0.05) is 5.16 Å². The SMILES string of the molecule is CCOC(=O)OC(C)OC(=O)C1=CCS[C@@H]2C(NC(=O)/C(=N\O)c3csc(N)n3)C(=O)N12. The van der Waals surface area contributed by atoms with Gasteiger partial charge in [0.05, 0.1) is 6.61 Å². The van der Waals surface area contributed by atoms with Crippen LogP contribution in [0.15, 0.2) is 22.3 Å². The van der Waals surface area contributed by atoms with Gasteiger partial charge in [-0.2, -0.15) is 0 Å². The molecule has 0 radical (unpaired) electrons. The third-order valence-electron chi connectivity index (χ3n) is 4.22. The van der Waals surface area contributed by atoms with Crippen molar-refractivity contribution < 1.29 is 38.6 Å². The van der Waals surface area contributed by atoms with Gasteiger partial charge in [-0.25, -0.2) is 14.6 Å². The lowest BCUT2D eigenvalue weighted by Gasteiger charge is -2.48. The summed E-state index contributed by atoms with van der Waals surface area (Å²) < 4.78 is 14.4. The standard InChI is InChI=1S/C17H19N5O8S2/c1-3-28-17(26)30-7(2)29-15(25)9-4-5-31-14-11(13(24)22(9)14)20-12(23)10(21-27)8-6-32-16(18)19-8/h4,6-7,11,14,27H,3,5H2,1-2H3,(H2,18,19)(H,20,23)/b21-10-/t7?,11?,14-/m1/s1. The summed E-state index contributed by atoms with van der Waals surface area (Å²) in [5, 5.41) is 15.7. The van der Waals surface area contributed by atoms with Crippen molar-refractivity contribution in [2.45, 2.75) is 31.6 Å². The van der Waals surface area contributed by atoms with Crippen LogP contribution in [0, 0.1) is 0 Å². The Morgan fingerprint density at radius 2 is 2.19 bits per heavy atom. The molecule has 1 aromatic rings. The summed E-state index contributed by atoms with van der Waals surface area (Å²) in [6.45, 7) is 3.01. The fraction of sp³-hybridized carbons (Fsp3) is 0.412. The van der Waals surface area contributed by atoms with Gasteiger partial charge in [0.2, 0.25) is 6.29 Å². The summed E-state index contributed by atoms with van der Waals surface area (Å²) in [6, 6.07) is -0.968. The molecule has 13 nitrogen and oxygen atoms in total. The number of β-lactam (4-membered cyclic amide) rings is 1. The van der Waals surface area contributed by atoms with Crippen LogP contribution in [0.3, 0.4) is 0 Å². The zero-order chi connectivity index (χ0) is 23.4. The number of carbonyl (C=O) groups is 4. The van der Waals surface area contributed by atoms with Gasteiger partial charge in [0, 0.05) is 18.1 Å². The topological polar surface area (TPSA) is 183 Å². The zero-order valence-corrected chi connectivity index (χ0v) is 18.5. The third-order valence-corrected chi connectivity index (χ3v) is 6.08. The number of thioether (sulfide) groups is 1. The third kappa shape index (κ3) is 4.77. The van der Waals surface area contributed by atoms with Gasteiger partial charge in [-0.05, 0) is 13.0 Å². The van der Waals surface area contributed by atoms with Crippen LogP contribution in [-0.2, 0) is 28.6 Å². The van der Waals surface area contributed by atoms with E-state index in [9.17, 15) is 24.4 Å². The van der Waals surface area contributed by atoms with Crippen molar-refractivity contribution in [1.82, 2.24) is 15.2 Å². The maximum atomic E-state index is 12.7. The Morgan fingerprint density at radius 1 is 1.44 bits per heavy atom. The van der Waals surface area contributed by atoms with Crippen molar-refractivity contribution in [3.8, 4) is 0 Å². The Hall–Kier alpha value is -3.33. The molecule has 2 unspecified atom stereocenters. The first kappa shape index (κ1) is 23.3. The van der Waals surface area contributed by atoms with Gasteiger partial charge in [0.1, 0.15) is 22.8 Å². The first-order valence-corrected chi connectivity index (χ1v) is 11.1. The second kappa shape index (κ2) is 9.86. The lowest BCUT2D eigenvalue weighted by Crippen LogP contribution is -2.70. The van der Waals surface area contributed by atoms with Crippen LogP contribution >= 0.6 is 23.1 Å². The van der Waals surface area contributed by atoms with Crippen LogP contribution in [0.1, 0.15) is 19.5 Å². The average Bonchev–Trinajstić information content (AvgIpc) is 3.17. The zero-order valence-electron chi connectivity index (χ0n) is 16.8. The highest BCUT2D eigenvalue weighted by Crippen LogP contribution is 2.38. The number of thiazole rings is 1. The van der Waals surface area contributed by atoms with Crippen LogP contribution in [0.4, 0.5) is 9.93 Å². The summed E-state index contributed by atoms with van der Waals surface area (Å²) in [4.78, 5) is 54.0. The molecule has 2 aliphatic heterocycles. The molecule has 1 fully saturated rings. The molecule has 0 spiro atoms. The Morgan fingerprint density at radius 3 is 2.81 bits per heavy atom. The molecule has 2 aliphatic rings. The molecular formula is C17H19N5O8S2. The Balaban J connectivity index is 1.62. The minimum Gasteiger partial charge on any atom is -0.435 e. The van der Waals surface area contributed by atoms with Gasteiger partial charge < -0.3 is 30.5 Å². The van der Waals surface area contributed by atoms with Crippen molar-refractivity contribution in [3.05, 3.63) is 22.8 Å². The van der Waals surface area contributed by atoms with Crippen LogP contribution < -0.4 is 11.1 Å². The highest BCUT2D eigenvalue weighted by Gasteiger charge is 2.53. The summed E-state index contributed by atoms with van der Waals surface area (Å²) in [5.74, 6) is -1.90. The van der Waals surface area contributed by atoms with E-state index < -0.39 is 47.4 Å². The fourth-order valence-electron chi connectivity index (χ4n) is 2.87. The highest BCUT2D eigenvalue weighted by atomic mass is 32.2. The second-order valence-corrected chi connectivity index (χ2v) is 8.31. The smallest absolute Gasteiger partial charge is 0.435 e. The van der Waals surface area contributed by atoms with Gasteiger partial charge in [-0.3, -0.25) is 14.5 Å². The monoisotopic (exact) mass is 485 g/mol. The summed E-state index contributed by atoms with van der Waals surface area (Å²) >= 11 is 2.36. The summed E-state index contributed by atoms with van der Waals surface area (Å²) in [5.41, 5.74) is 5.16. The Labute approximate surface area is 189 Å². The molecule has 15 heteroatoms. The molecular weight excluding hydrogens is 466 g/mol. The lowest BCUT2D eigenvalue weighted by molar-refractivity contribution is -0.168. The van der Waals surface area contributed by atoms with Crippen LogP contribution in [0.5, 0.6) is 0 Å². The number of hydrogen-bond donors (Lipinski definition) is 3. The number of anilines is 1. The van der Waals surface area contributed by atoms with E-state index in [-0.39, 0.29) is 23.1 Å². The molecule has 1 saturated heterocycles. The molecule has 3 heterocycles. The average molecular weight is 486 g/mol. The van der Waals surface area contributed by atoms with E-state index >= 15 is 0 Å². The van der Waals surface area contributed by atoms with E-state index in [1.54, 1.807) is 6.92 Å². The number of esters is 1. The van der Waals surface area contributed by atoms with E-state index in [0.717, 1.165) is 11.3 Å². The number of rotatable bonds is 7.